The number of phenolic OH excluding ortho intramolecular Hbond substituents is 1. The van der Waals surface area contributed by atoms with E-state index in [1.807, 2.05) is 19.1 Å². The van der Waals surface area contributed by atoms with Gasteiger partial charge in [0.15, 0.2) is 35.2 Å². The fourth-order valence-corrected chi connectivity index (χ4v) is 5.35. The van der Waals surface area contributed by atoms with Crippen LogP contribution < -0.4 is 30.6 Å². The van der Waals surface area contributed by atoms with Crippen LogP contribution in [0.25, 0.3) is 22.0 Å². The van der Waals surface area contributed by atoms with Crippen LogP contribution in [0.4, 0.5) is 15.9 Å². The minimum absolute atomic E-state index is 0.131. The van der Waals surface area contributed by atoms with E-state index >= 15 is 0 Å². The molecule has 2 heterocycles. The Balaban J connectivity index is 0.936. The van der Waals surface area contributed by atoms with Crippen LogP contribution >= 0.6 is 0 Å². The van der Waals surface area contributed by atoms with Gasteiger partial charge in [0.2, 0.25) is 0 Å². The first kappa shape index (κ1) is 34.7. The Kier molecular flexibility index (Phi) is 10.6. The van der Waals surface area contributed by atoms with E-state index in [0.29, 0.717) is 56.1 Å². The highest BCUT2D eigenvalue weighted by Gasteiger charge is 2.14. The predicted molar refractivity (Wildman–Crippen MR) is 188 cm³/mol. The number of aryl methyl sites for hydroxylation is 2. The minimum atomic E-state index is -0.494. The smallest absolute Gasteiger partial charge is 0.420 e. The predicted octanol–water partition coefficient (Wildman–Crippen LogP) is 5.39. The van der Waals surface area contributed by atoms with Crippen LogP contribution in [0, 0.1) is 19.7 Å². The first-order valence-corrected chi connectivity index (χ1v) is 16.1. The molecule has 0 aliphatic carbocycles. The largest absolute Gasteiger partial charge is 0.504 e. The number of carbonyl (C=O) groups is 1. The zero-order valence-corrected chi connectivity index (χ0v) is 28.2. The van der Waals surface area contributed by atoms with Gasteiger partial charge in [-0.3, -0.25) is 9.36 Å². The lowest BCUT2D eigenvalue weighted by atomic mass is 10.2. The summed E-state index contributed by atoms with van der Waals surface area (Å²) in [4.78, 5) is 33.4. The number of carbonyl (C=O) groups excluding carboxylic acids is 1. The molecular formula is C37H36FN5O8. The number of hydrogen-bond acceptors (Lipinski definition) is 11. The number of hydrogen-bond donors (Lipinski definition) is 3. The van der Waals surface area contributed by atoms with E-state index in [-0.39, 0.29) is 56.8 Å². The Morgan fingerprint density at radius 1 is 0.941 bits per heavy atom. The molecule has 0 atom stereocenters. The number of nitrogens with zero attached hydrogens (tertiary/aromatic N) is 3. The van der Waals surface area contributed by atoms with Gasteiger partial charge in [0, 0.05) is 23.7 Å². The van der Waals surface area contributed by atoms with Gasteiger partial charge in [0.05, 0.1) is 37.9 Å². The first-order chi connectivity index (χ1) is 24.7. The average molecular weight is 698 g/mol. The highest BCUT2D eigenvalue weighted by Crippen LogP contribution is 2.35. The number of halogens is 1. The van der Waals surface area contributed by atoms with Crippen LogP contribution in [0.5, 0.6) is 23.0 Å². The number of oxazole rings is 1. The van der Waals surface area contributed by atoms with Crippen molar-refractivity contribution in [1.29, 1.82) is 0 Å². The molecule has 51 heavy (non-hydrogen) atoms. The number of phenols is 1. The molecule has 2 aromatic heterocycles. The number of methoxy groups -OCH3 is 1. The molecule has 6 rings (SSSR count). The highest BCUT2D eigenvalue weighted by molar-refractivity contribution is 5.93. The van der Waals surface area contributed by atoms with Crippen LogP contribution in [0.1, 0.15) is 16.7 Å². The third-order valence-electron chi connectivity index (χ3n) is 7.94. The molecule has 0 unspecified atom stereocenters. The molecule has 13 nitrogen and oxygen atoms in total. The minimum Gasteiger partial charge on any atom is -0.504 e. The third kappa shape index (κ3) is 8.36. The molecule has 0 spiro atoms. The number of benzene rings is 4. The maximum atomic E-state index is 13.7. The van der Waals surface area contributed by atoms with E-state index in [0.717, 1.165) is 5.56 Å². The maximum Gasteiger partial charge on any atom is 0.420 e. The molecule has 0 saturated carbocycles. The van der Waals surface area contributed by atoms with E-state index in [2.05, 4.69) is 20.6 Å². The zero-order valence-electron chi connectivity index (χ0n) is 28.2. The summed E-state index contributed by atoms with van der Waals surface area (Å²) in [7, 11) is 1.53. The molecule has 0 fully saturated rings. The summed E-state index contributed by atoms with van der Waals surface area (Å²) in [5, 5.41) is 17.1. The van der Waals surface area contributed by atoms with Gasteiger partial charge in [-0.15, -0.1) is 0 Å². The first-order valence-electron chi connectivity index (χ1n) is 16.1. The molecule has 6 aromatic rings. The van der Waals surface area contributed by atoms with Crippen molar-refractivity contribution in [2.75, 3.05) is 45.4 Å². The molecule has 14 heteroatoms. The molecular weight excluding hydrogens is 661 g/mol. The monoisotopic (exact) mass is 697 g/mol. The van der Waals surface area contributed by atoms with Crippen molar-refractivity contribution in [3.63, 3.8) is 0 Å². The van der Waals surface area contributed by atoms with Crippen molar-refractivity contribution in [2.24, 2.45) is 0 Å². The number of fused-ring (bicyclic) bond motifs is 2. The standard InChI is InChI=1S/C37H36FN5O8/c1-22-4-8-31-29(14-22)43(37(46)51-31)19-24-5-9-32(30(44)16-24)50-20-35(45)39-10-11-48-12-13-49-34-17-26-28(18-33(34)47-3)40-21-41-36(26)42-25-6-7-27(38)23(2)15-25/h4-9,14-18,21,44H,10-13,19-20H2,1-3H3,(H,39,45)(H,40,41,42). The summed E-state index contributed by atoms with van der Waals surface area (Å²) >= 11 is 0. The number of ether oxygens (including phenoxy) is 4. The van der Waals surface area contributed by atoms with E-state index in [4.69, 9.17) is 23.4 Å². The average Bonchev–Trinajstić information content (AvgIpc) is 3.42. The second kappa shape index (κ2) is 15.6. The number of amides is 1. The Labute approximate surface area is 291 Å². The molecule has 0 aliphatic rings. The Morgan fingerprint density at radius 3 is 2.61 bits per heavy atom. The summed E-state index contributed by atoms with van der Waals surface area (Å²) in [5.41, 5.74) is 4.61. The van der Waals surface area contributed by atoms with Gasteiger partial charge in [0.1, 0.15) is 24.6 Å². The van der Waals surface area contributed by atoms with E-state index in [1.54, 1.807) is 49.4 Å². The Hall–Kier alpha value is -6.15. The van der Waals surface area contributed by atoms with Crippen molar-refractivity contribution in [3.05, 3.63) is 106 Å². The van der Waals surface area contributed by atoms with E-state index in [1.165, 1.54) is 30.1 Å². The van der Waals surface area contributed by atoms with Crippen molar-refractivity contribution in [2.45, 2.75) is 20.4 Å². The van der Waals surface area contributed by atoms with Crippen LogP contribution in [0.15, 0.2) is 82.3 Å². The summed E-state index contributed by atoms with van der Waals surface area (Å²) in [5.74, 6) is 0.254. The summed E-state index contributed by atoms with van der Waals surface area (Å²) in [6.07, 6.45) is 1.43. The number of rotatable bonds is 15. The summed E-state index contributed by atoms with van der Waals surface area (Å²) in [6.45, 7) is 4.38. The van der Waals surface area contributed by atoms with Crippen molar-refractivity contribution in [1.82, 2.24) is 19.9 Å². The molecule has 4 aromatic carbocycles. The Morgan fingerprint density at radius 2 is 1.80 bits per heavy atom. The lowest BCUT2D eigenvalue weighted by Gasteiger charge is -2.14. The van der Waals surface area contributed by atoms with Crippen LogP contribution in [0.2, 0.25) is 0 Å². The zero-order chi connectivity index (χ0) is 35.9. The van der Waals surface area contributed by atoms with Gasteiger partial charge >= 0.3 is 5.76 Å². The number of aromatic nitrogens is 3. The van der Waals surface area contributed by atoms with Crippen LogP contribution in [0.3, 0.4) is 0 Å². The molecule has 3 N–H and O–H groups in total. The molecule has 0 saturated heterocycles. The maximum absolute atomic E-state index is 13.7. The SMILES string of the molecule is COc1cc2ncnc(Nc3ccc(F)c(C)c3)c2cc1OCCOCCNC(=O)COc1ccc(Cn2c(=O)oc3ccc(C)cc32)cc1O. The normalized spacial score (nSPS) is 11.1. The molecule has 1 amide bonds. The molecule has 0 bridgehead atoms. The molecule has 0 aliphatic heterocycles. The van der Waals surface area contributed by atoms with Gasteiger partial charge in [-0.1, -0.05) is 12.1 Å². The lowest BCUT2D eigenvalue weighted by molar-refractivity contribution is -0.123. The second-order valence-electron chi connectivity index (χ2n) is 11.7. The second-order valence-corrected chi connectivity index (χ2v) is 11.7. The lowest BCUT2D eigenvalue weighted by Crippen LogP contribution is -2.32. The van der Waals surface area contributed by atoms with Crippen LogP contribution in [-0.2, 0) is 16.1 Å². The van der Waals surface area contributed by atoms with E-state index in [9.17, 15) is 19.1 Å². The fraction of sp³-hybridized carbons (Fsp3) is 0.243. The van der Waals surface area contributed by atoms with Crippen LogP contribution in [-0.4, -0.2) is 65.6 Å². The quantitative estimate of drug-likeness (QED) is 0.118. The highest BCUT2D eigenvalue weighted by atomic mass is 19.1. The summed E-state index contributed by atoms with van der Waals surface area (Å²) < 4.78 is 43.1. The van der Waals surface area contributed by atoms with Gasteiger partial charge in [0.25, 0.3) is 5.91 Å². The topological polar surface area (TPSA) is 159 Å². The van der Waals surface area contributed by atoms with E-state index < -0.39 is 11.7 Å². The Bertz CT molecular complexity index is 2250. The van der Waals surface area contributed by atoms with Crippen molar-refractivity contribution in [3.8, 4) is 23.0 Å². The van der Waals surface area contributed by atoms with Crippen molar-refractivity contribution < 1.29 is 37.7 Å². The number of anilines is 2. The van der Waals surface area contributed by atoms with Gasteiger partial charge < -0.3 is 39.1 Å². The van der Waals surface area contributed by atoms with Gasteiger partial charge in [-0.25, -0.2) is 19.2 Å². The number of aromatic hydroxyl groups is 1. The third-order valence-corrected chi connectivity index (χ3v) is 7.94. The van der Waals surface area contributed by atoms with Gasteiger partial charge in [-0.05, 0) is 79.1 Å². The fourth-order valence-electron chi connectivity index (χ4n) is 5.35. The number of nitrogens with one attached hydrogen (secondary N) is 2. The molecule has 0 radical (unpaired) electrons. The van der Waals surface area contributed by atoms with Gasteiger partial charge in [-0.2, -0.15) is 0 Å². The summed E-state index contributed by atoms with van der Waals surface area (Å²) in [6, 6.07) is 18.4. The molecule has 264 valence electrons. The van der Waals surface area contributed by atoms with Crippen molar-refractivity contribution >= 4 is 39.4 Å².